The highest BCUT2D eigenvalue weighted by molar-refractivity contribution is 6.12. The highest BCUT2D eigenvalue weighted by Gasteiger charge is 2.49. The van der Waals surface area contributed by atoms with E-state index in [0.717, 1.165) is 55.4 Å². The molecule has 1 fully saturated rings. The van der Waals surface area contributed by atoms with Gasteiger partial charge in [0, 0.05) is 52.2 Å². The lowest BCUT2D eigenvalue weighted by Gasteiger charge is -2.45. The van der Waals surface area contributed by atoms with Crippen LogP contribution in [0.2, 0.25) is 0 Å². The van der Waals surface area contributed by atoms with Gasteiger partial charge in [-0.1, -0.05) is 97.8 Å². The molecule has 280 valence electrons. The predicted molar refractivity (Wildman–Crippen MR) is 228 cm³/mol. The molecule has 0 spiro atoms. The van der Waals surface area contributed by atoms with Crippen molar-refractivity contribution in [2.45, 2.75) is 76.9 Å². The maximum absolute atomic E-state index is 7.86. The van der Waals surface area contributed by atoms with Crippen molar-refractivity contribution < 1.29 is 14.2 Å². The lowest BCUT2D eigenvalue weighted by Crippen LogP contribution is -2.37. The van der Waals surface area contributed by atoms with Crippen molar-refractivity contribution in [2.75, 3.05) is 31.2 Å². The molecule has 56 heavy (non-hydrogen) atoms. The Morgan fingerprint density at radius 2 is 1.46 bits per heavy atom. The van der Waals surface area contributed by atoms with Crippen molar-refractivity contribution >= 4 is 22.5 Å². The fourth-order valence-electron chi connectivity index (χ4n) is 11.1. The van der Waals surface area contributed by atoms with E-state index in [9.17, 15) is 0 Å². The van der Waals surface area contributed by atoms with Gasteiger partial charge in [-0.15, -0.1) is 0 Å². The molecule has 0 radical (unpaired) electrons. The van der Waals surface area contributed by atoms with Crippen molar-refractivity contribution in [3.8, 4) is 22.6 Å². The molecule has 1 saturated heterocycles. The van der Waals surface area contributed by atoms with E-state index in [1.165, 1.54) is 77.7 Å². The van der Waals surface area contributed by atoms with Crippen LogP contribution in [0.1, 0.15) is 101 Å². The number of ether oxygens (including phenoxy) is 3. The summed E-state index contributed by atoms with van der Waals surface area (Å²) < 4.78 is 19.7. The Morgan fingerprint density at radius 3 is 2.21 bits per heavy atom. The fourth-order valence-corrected chi connectivity index (χ4v) is 11.1. The Hall–Kier alpha value is -5.32. The summed E-state index contributed by atoms with van der Waals surface area (Å²) in [5, 5.41) is 2.57. The normalized spacial score (nSPS) is 22.1. The summed E-state index contributed by atoms with van der Waals surface area (Å²) in [6.07, 6.45) is 5.92. The molecule has 0 aromatic heterocycles. The summed E-state index contributed by atoms with van der Waals surface area (Å²) in [6.45, 7) is 16.9. The summed E-state index contributed by atoms with van der Waals surface area (Å²) in [6, 6.07) is 36.7. The van der Waals surface area contributed by atoms with Crippen LogP contribution >= 0.6 is 0 Å². The number of benzene rings is 6. The summed E-state index contributed by atoms with van der Waals surface area (Å²) in [5.41, 5.74) is 17.9. The first-order valence-electron chi connectivity index (χ1n) is 20.6. The first-order chi connectivity index (χ1) is 27.1. The van der Waals surface area contributed by atoms with Gasteiger partial charge in [-0.3, -0.25) is 0 Å². The van der Waals surface area contributed by atoms with Gasteiger partial charge in [0.2, 0.25) is 0 Å². The minimum Gasteiger partial charge on any atom is -0.491 e. The van der Waals surface area contributed by atoms with Gasteiger partial charge in [-0.05, 0) is 126 Å². The average molecular weight is 736 g/mol. The predicted octanol–water partition coefficient (Wildman–Crippen LogP) is 11.5. The van der Waals surface area contributed by atoms with Gasteiger partial charge in [0.05, 0.1) is 19.3 Å². The molecule has 0 amide bonds. The van der Waals surface area contributed by atoms with Gasteiger partial charge in [0.15, 0.2) is 5.60 Å². The lowest BCUT2D eigenvalue weighted by atomic mass is 9.59. The fraction of sp³-hybridized carbons (Fsp3) is 0.308. The molecule has 2 heterocycles. The second-order valence-corrected chi connectivity index (χ2v) is 17.7. The highest BCUT2D eigenvalue weighted by atomic mass is 16.5. The molecule has 5 aliphatic rings. The Bertz CT molecular complexity index is 2630. The van der Waals surface area contributed by atoms with Crippen LogP contribution in [0.25, 0.3) is 28.0 Å². The molecule has 2 aliphatic heterocycles. The number of hydrogen-bond donors (Lipinski definition) is 0. The van der Waals surface area contributed by atoms with E-state index in [2.05, 4.69) is 156 Å². The van der Waals surface area contributed by atoms with Crippen molar-refractivity contribution in [1.82, 2.24) is 0 Å². The second-order valence-electron chi connectivity index (χ2n) is 17.7. The summed E-state index contributed by atoms with van der Waals surface area (Å²) in [7, 11) is 0. The molecular formula is C52H49NO3. The Morgan fingerprint density at radius 1 is 0.768 bits per heavy atom. The smallest absolute Gasteiger partial charge is 0.178 e. The zero-order valence-corrected chi connectivity index (χ0v) is 33.3. The molecule has 3 unspecified atom stereocenters. The number of hydrogen-bond acceptors (Lipinski definition) is 4. The Kier molecular flexibility index (Phi) is 7.33. The standard InChI is InChI=1S/C52H49NO3/c1-30(2)55-37-17-13-35(14-18-37)52(34-11-15-36(16-12-34)53-21-23-54-24-22-53)20-19-39-48-45-38-10-8-7-9-33(38)29-41(45)40-25-31(3)27-43-46(40)49(48)47-42(50(39)56-52)26-32(4)28-44(47)51(43,5)6/h7-20,25-28,30,41,45H,21-24,29H2,1-6H3. The molecule has 6 aromatic carbocycles. The molecule has 0 saturated carbocycles. The van der Waals surface area contributed by atoms with Gasteiger partial charge in [0.1, 0.15) is 11.5 Å². The molecule has 4 heteroatoms. The summed E-state index contributed by atoms with van der Waals surface area (Å²) in [4.78, 5) is 2.42. The molecule has 0 N–H and O–H groups in total. The van der Waals surface area contributed by atoms with Crippen LogP contribution in [0.3, 0.4) is 0 Å². The van der Waals surface area contributed by atoms with E-state index < -0.39 is 5.60 Å². The van der Waals surface area contributed by atoms with E-state index in [0.29, 0.717) is 5.92 Å². The third-order valence-corrected chi connectivity index (χ3v) is 13.5. The number of morpholine rings is 1. The Balaban J connectivity index is 1.20. The van der Waals surface area contributed by atoms with Crippen LogP contribution in [-0.4, -0.2) is 32.4 Å². The maximum atomic E-state index is 7.86. The molecule has 3 atom stereocenters. The topological polar surface area (TPSA) is 30.9 Å². The van der Waals surface area contributed by atoms with E-state index in [1.54, 1.807) is 0 Å². The minimum atomic E-state index is -0.862. The summed E-state index contributed by atoms with van der Waals surface area (Å²) in [5.74, 6) is 2.47. The Labute approximate surface area is 330 Å². The monoisotopic (exact) mass is 735 g/mol. The third-order valence-electron chi connectivity index (χ3n) is 13.5. The minimum absolute atomic E-state index is 0.0946. The van der Waals surface area contributed by atoms with Gasteiger partial charge >= 0.3 is 0 Å². The van der Waals surface area contributed by atoms with Crippen LogP contribution in [0.4, 0.5) is 5.69 Å². The van der Waals surface area contributed by atoms with Crippen molar-refractivity contribution in [2.24, 2.45) is 0 Å². The first-order valence-corrected chi connectivity index (χ1v) is 20.6. The van der Waals surface area contributed by atoms with Gasteiger partial charge in [-0.25, -0.2) is 0 Å². The number of fused-ring (bicyclic) bond motifs is 8. The molecule has 3 aliphatic carbocycles. The number of rotatable bonds is 5. The number of nitrogens with zero attached hydrogens (tertiary/aromatic N) is 1. The first kappa shape index (κ1) is 34.0. The molecule has 11 rings (SSSR count). The van der Waals surface area contributed by atoms with Crippen LogP contribution in [0, 0.1) is 13.8 Å². The molecule has 6 aromatic rings. The quantitative estimate of drug-likeness (QED) is 0.176. The number of anilines is 1. The highest BCUT2D eigenvalue weighted by Crippen LogP contribution is 2.65. The lowest BCUT2D eigenvalue weighted by molar-refractivity contribution is 0.122. The van der Waals surface area contributed by atoms with E-state index in [4.69, 9.17) is 14.2 Å². The van der Waals surface area contributed by atoms with Crippen molar-refractivity contribution in [1.29, 1.82) is 0 Å². The van der Waals surface area contributed by atoms with E-state index in [1.807, 2.05) is 0 Å². The van der Waals surface area contributed by atoms with Gasteiger partial charge < -0.3 is 19.1 Å². The van der Waals surface area contributed by atoms with Crippen LogP contribution in [0.15, 0.2) is 103 Å². The zero-order chi connectivity index (χ0) is 38.1. The molecule has 4 nitrogen and oxygen atoms in total. The van der Waals surface area contributed by atoms with Crippen molar-refractivity contribution in [3.05, 3.63) is 164 Å². The van der Waals surface area contributed by atoms with Crippen LogP contribution in [0.5, 0.6) is 11.5 Å². The van der Waals surface area contributed by atoms with Crippen LogP contribution in [-0.2, 0) is 22.2 Å². The maximum Gasteiger partial charge on any atom is 0.178 e. The molecule has 0 bridgehead atoms. The second kappa shape index (κ2) is 12.1. The van der Waals surface area contributed by atoms with Crippen molar-refractivity contribution in [3.63, 3.8) is 0 Å². The van der Waals surface area contributed by atoms with E-state index in [-0.39, 0.29) is 17.4 Å². The van der Waals surface area contributed by atoms with Gasteiger partial charge in [0.25, 0.3) is 0 Å². The summed E-state index contributed by atoms with van der Waals surface area (Å²) >= 11 is 0. The number of aryl methyl sites for hydroxylation is 2. The van der Waals surface area contributed by atoms with Crippen LogP contribution < -0.4 is 14.4 Å². The molecular weight excluding hydrogens is 687 g/mol. The average Bonchev–Trinajstić information content (AvgIpc) is 3.60. The largest absolute Gasteiger partial charge is 0.491 e. The third kappa shape index (κ3) is 4.75. The van der Waals surface area contributed by atoms with E-state index >= 15 is 0 Å². The SMILES string of the molecule is Cc1cc2c3c(c1)C(C)(C)c1cc(C)cc4c5c(c(c-3c14)C1c3ccccc3CC21)C=CC(c1ccc(OC(C)C)cc1)(c1ccc(N2CCOCC2)cc1)O5. The van der Waals surface area contributed by atoms with Gasteiger partial charge in [-0.2, -0.15) is 0 Å². The zero-order valence-electron chi connectivity index (χ0n) is 33.3.